The second-order valence-electron chi connectivity index (χ2n) is 4.51. The average molecular weight is 271 g/mol. The third kappa shape index (κ3) is 2.86. The predicted octanol–water partition coefficient (Wildman–Crippen LogP) is 3.03. The number of aromatic nitrogens is 1. The third-order valence-electron chi connectivity index (χ3n) is 3.01. The normalized spacial score (nSPS) is 10.1. The molecule has 0 aliphatic rings. The van der Waals surface area contributed by atoms with Gasteiger partial charge in [-0.3, -0.25) is 4.98 Å². The summed E-state index contributed by atoms with van der Waals surface area (Å²) in [5.41, 5.74) is 2.46. The number of benzene rings is 1. The molecule has 1 aromatic heterocycles. The summed E-state index contributed by atoms with van der Waals surface area (Å²) in [6, 6.07) is 7.96. The van der Waals surface area contributed by atoms with Gasteiger partial charge in [0.1, 0.15) is 17.3 Å². The molecule has 20 heavy (non-hydrogen) atoms. The molecule has 0 aliphatic carbocycles. The molecule has 0 saturated heterocycles. The Bertz CT molecular complexity index is 692. The lowest BCUT2D eigenvalue weighted by Crippen LogP contribution is -2.05. The van der Waals surface area contributed by atoms with Crippen LogP contribution >= 0.6 is 0 Å². The summed E-state index contributed by atoms with van der Waals surface area (Å²) in [5.74, 6) is -0.356. The lowest BCUT2D eigenvalue weighted by Gasteiger charge is -2.11. The van der Waals surface area contributed by atoms with Crippen molar-refractivity contribution in [2.75, 3.05) is 5.32 Å². The van der Waals surface area contributed by atoms with Crippen molar-refractivity contribution in [3.63, 3.8) is 0 Å². The first-order valence-electron chi connectivity index (χ1n) is 6.11. The van der Waals surface area contributed by atoms with Crippen LogP contribution in [0.3, 0.4) is 0 Å². The number of rotatable bonds is 3. The molecule has 0 unspecified atom stereocenters. The van der Waals surface area contributed by atoms with E-state index in [4.69, 9.17) is 5.26 Å². The van der Waals surface area contributed by atoms with Gasteiger partial charge in [-0.05, 0) is 38.1 Å². The molecule has 0 atom stereocenters. The molecule has 0 spiro atoms. The van der Waals surface area contributed by atoms with Crippen LogP contribution in [0.1, 0.15) is 22.5 Å². The zero-order valence-electron chi connectivity index (χ0n) is 11.2. The predicted molar refractivity (Wildman–Crippen MR) is 73.8 cm³/mol. The van der Waals surface area contributed by atoms with Gasteiger partial charge < -0.3 is 10.4 Å². The molecule has 5 heteroatoms. The van der Waals surface area contributed by atoms with Crippen molar-refractivity contribution >= 4 is 5.69 Å². The van der Waals surface area contributed by atoms with Crippen molar-refractivity contribution in [1.82, 2.24) is 4.98 Å². The van der Waals surface area contributed by atoms with Gasteiger partial charge in [0.05, 0.1) is 18.2 Å². The highest BCUT2D eigenvalue weighted by Crippen LogP contribution is 2.22. The smallest absolute Gasteiger partial charge is 0.138 e. The van der Waals surface area contributed by atoms with Gasteiger partial charge >= 0.3 is 0 Å². The molecule has 2 aromatic rings. The van der Waals surface area contributed by atoms with Gasteiger partial charge in [0.15, 0.2) is 0 Å². The molecule has 1 heterocycles. The fourth-order valence-electron chi connectivity index (χ4n) is 1.84. The largest absolute Gasteiger partial charge is 0.506 e. The Kier molecular flexibility index (Phi) is 3.85. The van der Waals surface area contributed by atoms with Gasteiger partial charge in [0.25, 0.3) is 0 Å². The number of hydrogen-bond donors (Lipinski definition) is 2. The van der Waals surface area contributed by atoms with Crippen LogP contribution in [0.4, 0.5) is 10.1 Å². The molecule has 102 valence electrons. The summed E-state index contributed by atoms with van der Waals surface area (Å²) in [7, 11) is 0. The molecule has 0 aliphatic heterocycles. The number of hydrogen-bond acceptors (Lipinski definition) is 4. The van der Waals surface area contributed by atoms with Crippen LogP contribution in [0, 0.1) is 31.0 Å². The molecule has 0 radical (unpaired) electrons. The van der Waals surface area contributed by atoms with E-state index < -0.39 is 5.82 Å². The van der Waals surface area contributed by atoms with Crippen molar-refractivity contribution in [2.24, 2.45) is 0 Å². The highest BCUT2D eigenvalue weighted by atomic mass is 19.1. The molecular formula is C15H14FN3O. The van der Waals surface area contributed by atoms with Crippen molar-refractivity contribution < 1.29 is 9.50 Å². The zero-order valence-corrected chi connectivity index (χ0v) is 11.2. The summed E-state index contributed by atoms with van der Waals surface area (Å²) in [6.45, 7) is 3.70. The van der Waals surface area contributed by atoms with Gasteiger partial charge in [-0.15, -0.1) is 0 Å². The van der Waals surface area contributed by atoms with Gasteiger partial charge in [-0.1, -0.05) is 0 Å². The Labute approximate surface area is 116 Å². The SMILES string of the molecule is Cc1ccc(O)c(CNc2cc(C#N)cc(F)c2C)n1. The fraction of sp³-hybridized carbons (Fsp3) is 0.200. The molecule has 0 saturated carbocycles. The second-order valence-corrected chi connectivity index (χ2v) is 4.51. The van der Waals surface area contributed by atoms with Crippen molar-refractivity contribution in [1.29, 1.82) is 5.26 Å². The van der Waals surface area contributed by atoms with Crippen molar-refractivity contribution in [2.45, 2.75) is 20.4 Å². The number of aryl methyl sites for hydroxylation is 1. The molecular weight excluding hydrogens is 257 g/mol. The van der Waals surface area contributed by atoms with Crippen LogP contribution in [0.25, 0.3) is 0 Å². The summed E-state index contributed by atoms with van der Waals surface area (Å²) < 4.78 is 13.6. The molecule has 2 rings (SSSR count). The fourth-order valence-corrected chi connectivity index (χ4v) is 1.84. The van der Waals surface area contributed by atoms with E-state index in [1.807, 2.05) is 13.0 Å². The van der Waals surface area contributed by atoms with Crippen LogP contribution in [0.15, 0.2) is 24.3 Å². The molecule has 0 fully saturated rings. The van der Waals surface area contributed by atoms with Gasteiger partial charge in [-0.2, -0.15) is 5.26 Å². The quantitative estimate of drug-likeness (QED) is 0.900. The maximum Gasteiger partial charge on any atom is 0.138 e. The molecule has 4 nitrogen and oxygen atoms in total. The third-order valence-corrected chi connectivity index (χ3v) is 3.01. The Morgan fingerprint density at radius 2 is 2.10 bits per heavy atom. The van der Waals surface area contributed by atoms with Crippen LogP contribution in [0.5, 0.6) is 5.75 Å². The van der Waals surface area contributed by atoms with E-state index >= 15 is 0 Å². The minimum atomic E-state index is -0.437. The Morgan fingerprint density at radius 1 is 1.35 bits per heavy atom. The van der Waals surface area contributed by atoms with Crippen LogP contribution < -0.4 is 5.32 Å². The van der Waals surface area contributed by atoms with Gasteiger partial charge in [0, 0.05) is 16.9 Å². The Balaban J connectivity index is 2.25. The van der Waals surface area contributed by atoms with Crippen LogP contribution in [-0.4, -0.2) is 10.1 Å². The molecule has 0 amide bonds. The summed E-state index contributed by atoms with van der Waals surface area (Å²) in [4.78, 5) is 4.21. The minimum Gasteiger partial charge on any atom is -0.506 e. The van der Waals surface area contributed by atoms with Crippen molar-refractivity contribution in [3.8, 4) is 11.8 Å². The number of nitriles is 1. The monoisotopic (exact) mass is 271 g/mol. The zero-order chi connectivity index (χ0) is 14.7. The molecule has 1 aromatic carbocycles. The first-order chi connectivity index (χ1) is 9.51. The Hall–Kier alpha value is -2.61. The second kappa shape index (κ2) is 5.57. The maximum absolute atomic E-state index is 13.6. The van der Waals surface area contributed by atoms with Crippen LogP contribution in [-0.2, 0) is 6.54 Å². The summed E-state index contributed by atoms with van der Waals surface area (Å²) >= 11 is 0. The lowest BCUT2D eigenvalue weighted by molar-refractivity contribution is 0.464. The number of anilines is 1. The number of pyridine rings is 1. The van der Waals surface area contributed by atoms with Crippen molar-refractivity contribution in [3.05, 3.63) is 52.6 Å². The van der Waals surface area contributed by atoms with E-state index in [0.717, 1.165) is 5.69 Å². The van der Waals surface area contributed by atoms with E-state index in [-0.39, 0.29) is 17.9 Å². The summed E-state index contributed by atoms with van der Waals surface area (Å²) in [5, 5.41) is 21.6. The highest BCUT2D eigenvalue weighted by molar-refractivity contribution is 5.56. The highest BCUT2D eigenvalue weighted by Gasteiger charge is 2.09. The number of aromatic hydroxyl groups is 1. The van der Waals surface area contributed by atoms with E-state index in [1.165, 1.54) is 6.07 Å². The number of nitrogens with zero attached hydrogens (tertiary/aromatic N) is 2. The summed E-state index contributed by atoms with van der Waals surface area (Å²) in [6.07, 6.45) is 0. The molecule has 0 bridgehead atoms. The molecule has 2 N–H and O–H groups in total. The number of nitrogens with one attached hydrogen (secondary N) is 1. The van der Waals surface area contributed by atoms with Gasteiger partial charge in [0.2, 0.25) is 0 Å². The van der Waals surface area contributed by atoms with E-state index in [2.05, 4.69) is 10.3 Å². The lowest BCUT2D eigenvalue weighted by atomic mass is 10.1. The topological polar surface area (TPSA) is 68.9 Å². The first kappa shape index (κ1) is 13.8. The van der Waals surface area contributed by atoms with Crippen LogP contribution in [0.2, 0.25) is 0 Å². The van der Waals surface area contributed by atoms with E-state index in [1.54, 1.807) is 25.1 Å². The maximum atomic E-state index is 13.6. The number of halogens is 1. The standard InChI is InChI=1S/C15H14FN3O/c1-9-3-4-15(20)14(19-9)8-18-13-6-11(7-17)5-12(16)10(13)2/h3-6,18,20H,8H2,1-2H3. The van der Waals surface area contributed by atoms with E-state index in [9.17, 15) is 9.50 Å². The minimum absolute atomic E-state index is 0.0812. The first-order valence-corrected chi connectivity index (χ1v) is 6.11. The average Bonchev–Trinajstić information content (AvgIpc) is 2.43. The Morgan fingerprint density at radius 3 is 2.80 bits per heavy atom. The van der Waals surface area contributed by atoms with Gasteiger partial charge in [-0.25, -0.2) is 4.39 Å². The van der Waals surface area contributed by atoms with E-state index in [0.29, 0.717) is 16.9 Å².